The van der Waals surface area contributed by atoms with Crippen molar-refractivity contribution >= 4 is 17.2 Å². The fourth-order valence-corrected chi connectivity index (χ4v) is 4.17. The number of likely N-dealkylation sites (tertiary alicyclic amines) is 1. The summed E-state index contributed by atoms with van der Waals surface area (Å²) in [5.74, 6) is 0.695. The van der Waals surface area contributed by atoms with Crippen molar-refractivity contribution in [3.05, 3.63) is 52.2 Å². The fraction of sp³-hybridized carbons (Fsp3) is 0.450. The third-order valence-corrected chi connectivity index (χ3v) is 5.54. The highest BCUT2D eigenvalue weighted by molar-refractivity contribution is 7.10. The molecule has 2 aromatic rings. The van der Waals surface area contributed by atoms with E-state index in [1.165, 1.54) is 24.1 Å². The molecule has 0 bridgehead atoms. The van der Waals surface area contributed by atoms with Gasteiger partial charge >= 0.3 is 0 Å². The second-order valence-electron chi connectivity index (χ2n) is 6.30. The molecule has 1 aromatic carbocycles. The number of carbonyl (C=O) groups is 1. The molecule has 134 valence electrons. The van der Waals surface area contributed by atoms with Gasteiger partial charge in [0.25, 0.3) is 5.91 Å². The molecule has 0 saturated carbocycles. The molecule has 0 aliphatic carbocycles. The number of hydrogen-bond acceptors (Lipinski definition) is 4. The van der Waals surface area contributed by atoms with Crippen LogP contribution in [0.2, 0.25) is 0 Å². The Morgan fingerprint density at radius 2 is 2.08 bits per heavy atom. The molecule has 0 spiro atoms. The van der Waals surface area contributed by atoms with Crippen LogP contribution >= 0.6 is 11.3 Å². The van der Waals surface area contributed by atoms with Crippen LogP contribution in [-0.4, -0.2) is 37.0 Å². The van der Waals surface area contributed by atoms with Gasteiger partial charge in [-0.1, -0.05) is 18.6 Å². The van der Waals surface area contributed by atoms with Crippen LogP contribution in [0.25, 0.3) is 0 Å². The molecule has 4 nitrogen and oxygen atoms in total. The molecule has 1 aliphatic heterocycles. The minimum Gasteiger partial charge on any atom is -0.494 e. The van der Waals surface area contributed by atoms with E-state index in [0.29, 0.717) is 18.7 Å². The number of piperidine rings is 1. The first-order valence-electron chi connectivity index (χ1n) is 9.06. The van der Waals surface area contributed by atoms with Gasteiger partial charge < -0.3 is 10.1 Å². The van der Waals surface area contributed by atoms with Crippen LogP contribution in [0, 0.1) is 0 Å². The van der Waals surface area contributed by atoms with Crippen LogP contribution in [0.1, 0.15) is 47.5 Å². The Morgan fingerprint density at radius 1 is 1.24 bits per heavy atom. The summed E-state index contributed by atoms with van der Waals surface area (Å²) in [6, 6.07) is 11.9. The largest absolute Gasteiger partial charge is 0.494 e. The predicted molar refractivity (Wildman–Crippen MR) is 102 cm³/mol. The molecule has 5 heteroatoms. The average Bonchev–Trinajstić information content (AvgIpc) is 3.18. The molecule has 1 atom stereocenters. The average molecular weight is 359 g/mol. The number of carbonyl (C=O) groups excluding carboxylic acids is 1. The van der Waals surface area contributed by atoms with Gasteiger partial charge in [-0.15, -0.1) is 11.3 Å². The molecule has 1 aromatic heterocycles. The number of benzene rings is 1. The molecule has 1 fully saturated rings. The van der Waals surface area contributed by atoms with Gasteiger partial charge in [-0.25, -0.2) is 0 Å². The first kappa shape index (κ1) is 18.0. The van der Waals surface area contributed by atoms with Gasteiger partial charge in [-0.2, -0.15) is 0 Å². The number of nitrogens with one attached hydrogen (secondary N) is 1. The Bertz CT molecular complexity index is 666. The lowest BCUT2D eigenvalue weighted by molar-refractivity contribution is 0.0925. The summed E-state index contributed by atoms with van der Waals surface area (Å²) in [7, 11) is 0. The summed E-state index contributed by atoms with van der Waals surface area (Å²) in [5, 5.41) is 5.24. The maximum atomic E-state index is 12.6. The van der Waals surface area contributed by atoms with Gasteiger partial charge in [-0.3, -0.25) is 9.69 Å². The van der Waals surface area contributed by atoms with Gasteiger partial charge in [0.1, 0.15) is 5.75 Å². The lowest BCUT2D eigenvalue weighted by Gasteiger charge is -2.34. The van der Waals surface area contributed by atoms with Gasteiger partial charge in [0.05, 0.1) is 12.6 Å². The van der Waals surface area contributed by atoms with E-state index in [9.17, 15) is 4.79 Å². The Balaban J connectivity index is 1.66. The first-order valence-corrected chi connectivity index (χ1v) is 9.94. The summed E-state index contributed by atoms with van der Waals surface area (Å²) < 4.78 is 5.49. The van der Waals surface area contributed by atoms with E-state index in [0.717, 1.165) is 18.8 Å². The van der Waals surface area contributed by atoms with Gasteiger partial charge in [-0.05, 0) is 62.5 Å². The van der Waals surface area contributed by atoms with Crippen LogP contribution in [0.15, 0.2) is 41.8 Å². The van der Waals surface area contributed by atoms with E-state index in [-0.39, 0.29) is 11.9 Å². The summed E-state index contributed by atoms with van der Waals surface area (Å²) >= 11 is 1.77. The van der Waals surface area contributed by atoms with E-state index >= 15 is 0 Å². The van der Waals surface area contributed by atoms with Crippen molar-refractivity contribution in [1.82, 2.24) is 10.2 Å². The molecular weight excluding hydrogens is 332 g/mol. The zero-order chi connectivity index (χ0) is 17.5. The SMILES string of the molecule is CCOc1cccc(C(=O)NCC(c2cccs2)N2CCCCC2)c1. The highest BCUT2D eigenvalue weighted by Crippen LogP contribution is 2.27. The molecule has 1 unspecified atom stereocenters. The number of hydrogen-bond donors (Lipinski definition) is 1. The van der Waals surface area contributed by atoms with Crippen molar-refractivity contribution in [3.63, 3.8) is 0 Å². The van der Waals surface area contributed by atoms with Gasteiger partial charge in [0.15, 0.2) is 0 Å². The predicted octanol–water partition coefficient (Wildman–Crippen LogP) is 4.10. The van der Waals surface area contributed by atoms with Gasteiger partial charge in [0, 0.05) is 17.0 Å². The van der Waals surface area contributed by atoms with Crippen molar-refractivity contribution in [3.8, 4) is 5.75 Å². The number of rotatable bonds is 7. The summed E-state index contributed by atoms with van der Waals surface area (Å²) in [6.07, 6.45) is 3.79. The Morgan fingerprint density at radius 3 is 2.80 bits per heavy atom. The van der Waals surface area contributed by atoms with Crippen LogP contribution < -0.4 is 10.1 Å². The fourth-order valence-electron chi connectivity index (χ4n) is 3.31. The summed E-state index contributed by atoms with van der Waals surface area (Å²) in [4.78, 5) is 16.4. The number of thiophene rings is 1. The van der Waals surface area contributed by atoms with Crippen LogP contribution in [0.5, 0.6) is 5.75 Å². The summed E-state index contributed by atoms with van der Waals surface area (Å²) in [6.45, 7) is 5.40. The molecule has 25 heavy (non-hydrogen) atoms. The highest BCUT2D eigenvalue weighted by atomic mass is 32.1. The van der Waals surface area contributed by atoms with Gasteiger partial charge in [0.2, 0.25) is 0 Å². The summed E-state index contributed by atoms with van der Waals surface area (Å²) in [5.41, 5.74) is 0.648. The number of amides is 1. The molecule has 2 heterocycles. The lowest BCUT2D eigenvalue weighted by atomic mass is 10.1. The van der Waals surface area contributed by atoms with Crippen molar-refractivity contribution in [1.29, 1.82) is 0 Å². The second-order valence-corrected chi connectivity index (χ2v) is 7.28. The highest BCUT2D eigenvalue weighted by Gasteiger charge is 2.23. The van der Waals surface area contributed by atoms with Crippen molar-refractivity contribution in [2.45, 2.75) is 32.2 Å². The number of nitrogens with zero attached hydrogens (tertiary/aromatic N) is 1. The van der Waals surface area contributed by atoms with Crippen molar-refractivity contribution < 1.29 is 9.53 Å². The first-order chi connectivity index (χ1) is 12.3. The maximum absolute atomic E-state index is 12.6. The Kier molecular flexibility index (Phi) is 6.48. The minimum absolute atomic E-state index is 0.0416. The molecular formula is C20H26N2O2S. The van der Waals surface area contributed by atoms with Crippen molar-refractivity contribution in [2.24, 2.45) is 0 Å². The molecule has 1 aliphatic rings. The van der Waals surface area contributed by atoms with Crippen LogP contribution in [-0.2, 0) is 0 Å². The normalized spacial score (nSPS) is 16.4. The van der Waals surface area contributed by atoms with E-state index in [4.69, 9.17) is 4.74 Å². The molecule has 1 amide bonds. The van der Waals surface area contributed by atoms with Crippen molar-refractivity contribution in [2.75, 3.05) is 26.2 Å². The van der Waals surface area contributed by atoms with E-state index in [1.807, 2.05) is 25.1 Å². The maximum Gasteiger partial charge on any atom is 0.251 e. The smallest absolute Gasteiger partial charge is 0.251 e. The zero-order valence-electron chi connectivity index (χ0n) is 14.7. The quantitative estimate of drug-likeness (QED) is 0.810. The van der Waals surface area contributed by atoms with Crippen LogP contribution in [0.4, 0.5) is 0 Å². The lowest BCUT2D eigenvalue weighted by Crippen LogP contribution is -2.40. The standard InChI is InChI=1S/C20H26N2O2S/c1-2-24-17-9-6-8-16(14-17)20(23)21-15-18(19-10-7-13-25-19)22-11-4-3-5-12-22/h6-10,13-14,18H,2-5,11-12,15H2,1H3,(H,21,23). The van der Waals surface area contributed by atoms with E-state index < -0.39 is 0 Å². The third kappa shape index (κ3) is 4.83. The number of ether oxygens (including phenoxy) is 1. The van der Waals surface area contributed by atoms with E-state index in [1.54, 1.807) is 17.4 Å². The molecule has 0 radical (unpaired) electrons. The third-order valence-electron chi connectivity index (χ3n) is 4.57. The molecule has 3 rings (SSSR count). The molecule has 1 saturated heterocycles. The zero-order valence-corrected chi connectivity index (χ0v) is 15.6. The molecule has 1 N–H and O–H groups in total. The minimum atomic E-state index is -0.0416. The Labute approximate surface area is 153 Å². The monoisotopic (exact) mass is 358 g/mol. The topological polar surface area (TPSA) is 41.6 Å². The Hall–Kier alpha value is -1.85. The van der Waals surface area contributed by atoms with E-state index in [2.05, 4.69) is 27.7 Å². The second kappa shape index (κ2) is 9.02. The van der Waals surface area contributed by atoms with Crippen LogP contribution in [0.3, 0.4) is 0 Å².